The molecule has 3 atom stereocenters. The van der Waals surface area contributed by atoms with Crippen LogP contribution in [-0.4, -0.2) is 42.3 Å². The number of carbonyl (C=O) groups is 1. The number of aliphatic hydroxyl groups excluding tert-OH is 1. The summed E-state index contributed by atoms with van der Waals surface area (Å²) >= 11 is 0. The molecular weight excluding hydrogens is 354 g/mol. The maximum atomic E-state index is 12.8. The van der Waals surface area contributed by atoms with Crippen LogP contribution < -0.4 is 5.32 Å². The molecule has 3 aromatic rings. The second kappa shape index (κ2) is 7.39. The number of rotatable bonds is 4. The maximum Gasteiger partial charge on any atom is 0.240 e. The van der Waals surface area contributed by atoms with Gasteiger partial charge in [0.25, 0.3) is 0 Å². The van der Waals surface area contributed by atoms with Gasteiger partial charge in [-0.25, -0.2) is 9.97 Å². The van der Waals surface area contributed by atoms with Crippen molar-refractivity contribution in [1.82, 2.24) is 24.4 Å². The van der Waals surface area contributed by atoms with Crippen LogP contribution in [-0.2, 0) is 11.3 Å². The van der Waals surface area contributed by atoms with E-state index in [1.807, 2.05) is 22.3 Å². The average molecular weight is 381 g/mol. The van der Waals surface area contributed by atoms with Gasteiger partial charge in [-0.1, -0.05) is 0 Å². The lowest BCUT2D eigenvalue weighted by atomic mass is 9.88. The number of hydrogen-bond acceptors (Lipinski definition) is 4. The summed E-state index contributed by atoms with van der Waals surface area (Å²) in [7, 11) is 0. The minimum absolute atomic E-state index is 0.0528. The minimum atomic E-state index is -0.627. The molecule has 0 unspecified atom stereocenters. The molecule has 2 aromatic heterocycles. The molecule has 0 aliphatic heterocycles. The zero-order valence-corrected chi connectivity index (χ0v) is 16.6. The van der Waals surface area contributed by atoms with Crippen LogP contribution in [0.2, 0.25) is 0 Å². The molecule has 1 aromatic carbocycles. The van der Waals surface area contributed by atoms with Crippen LogP contribution in [0.1, 0.15) is 42.3 Å². The molecule has 7 heteroatoms. The standard InChI is InChI=1S/C21H27N5O2/c1-13-9-17-19(10-14(13)2)26(15(3)23-17)11-20(27)24-16-5-4-6-18(21(16)28)25-8-7-22-12-25/h7-10,12,16,18,21,28H,4-6,11H2,1-3H3,(H,24,27)/t16-,18-,21-/m1/s1. The summed E-state index contributed by atoms with van der Waals surface area (Å²) in [5.74, 6) is 0.714. The topological polar surface area (TPSA) is 85.0 Å². The van der Waals surface area contributed by atoms with Crippen molar-refractivity contribution in [3.8, 4) is 0 Å². The van der Waals surface area contributed by atoms with Crippen molar-refractivity contribution in [2.45, 2.75) is 64.8 Å². The first-order valence-electron chi connectivity index (χ1n) is 9.83. The first-order chi connectivity index (χ1) is 13.4. The van der Waals surface area contributed by atoms with Gasteiger partial charge in [0.15, 0.2) is 0 Å². The highest BCUT2D eigenvalue weighted by Crippen LogP contribution is 2.29. The fourth-order valence-corrected chi connectivity index (χ4v) is 4.20. The van der Waals surface area contributed by atoms with Crippen LogP contribution in [0.15, 0.2) is 30.9 Å². The van der Waals surface area contributed by atoms with Crippen molar-refractivity contribution in [2.24, 2.45) is 0 Å². The molecule has 148 valence electrons. The van der Waals surface area contributed by atoms with E-state index in [-0.39, 0.29) is 24.5 Å². The number of imidazole rings is 2. The number of carbonyl (C=O) groups excluding carboxylic acids is 1. The fourth-order valence-electron chi connectivity index (χ4n) is 4.20. The lowest BCUT2D eigenvalue weighted by Gasteiger charge is -2.35. The Balaban J connectivity index is 1.49. The number of amides is 1. The third-order valence-corrected chi connectivity index (χ3v) is 5.93. The summed E-state index contributed by atoms with van der Waals surface area (Å²) in [4.78, 5) is 21.4. The minimum Gasteiger partial charge on any atom is -0.389 e. The molecule has 0 spiro atoms. The summed E-state index contributed by atoms with van der Waals surface area (Å²) in [6, 6.07) is 3.84. The predicted octanol–water partition coefficient (Wildman–Crippen LogP) is 2.43. The molecule has 7 nitrogen and oxygen atoms in total. The molecule has 1 saturated carbocycles. The Kier molecular flexibility index (Phi) is 4.93. The normalized spacial score (nSPS) is 22.5. The van der Waals surface area contributed by atoms with Gasteiger partial charge < -0.3 is 19.6 Å². The van der Waals surface area contributed by atoms with E-state index in [1.165, 1.54) is 11.1 Å². The highest BCUT2D eigenvalue weighted by molar-refractivity contribution is 5.82. The molecule has 0 saturated heterocycles. The van der Waals surface area contributed by atoms with Crippen LogP contribution in [0.4, 0.5) is 0 Å². The van der Waals surface area contributed by atoms with Gasteiger partial charge >= 0.3 is 0 Å². The fraction of sp³-hybridized carbons (Fsp3) is 0.476. The maximum absolute atomic E-state index is 12.8. The lowest BCUT2D eigenvalue weighted by Crippen LogP contribution is -2.50. The van der Waals surface area contributed by atoms with Crippen molar-refractivity contribution in [3.05, 3.63) is 47.8 Å². The van der Waals surface area contributed by atoms with Gasteiger partial charge in [0.2, 0.25) is 5.91 Å². The lowest BCUT2D eigenvalue weighted by molar-refractivity contribution is -0.124. The van der Waals surface area contributed by atoms with Crippen molar-refractivity contribution >= 4 is 16.9 Å². The van der Waals surface area contributed by atoms with Gasteiger partial charge in [-0.3, -0.25) is 4.79 Å². The Hall–Kier alpha value is -2.67. The summed E-state index contributed by atoms with van der Waals surface area (Å²) < 4.78 is 3.88. The van der Waals surface area contributed by atoms with E-state index in [9.17, 15) is 9.90 Å². The van der Waals surface area contributed by atoms with E-state index in [0.29, 0.717) is 0 Å². The Morgan fingerprint density at radius 2 is 2.04 bits per heavy atom. The van der Waals surface area contributed by atoms with Crippen molar-refractivity contribution in [3.63, 3.8) is 0 Å². The molecule has 0 bridgehead atoms. The van der Waals surface area contributed by atoms with Gasteiger partial charge in [0.1, 0.15) is 12.4 Å². The second-order valence-electron chi connectivity index (χ2n) is 7.84. The number of hydrogen-bond donors (Lipinski definition) is 2. The van der Waals surface area contributed by atoms with Crippen LogP contribution >= 0.6 is 0 Å². The molecule has 1 aliphatic rings. The molecule has 4 rings (SSSR count). The molecule has 0 radical (unpaired) electrons. The van der Waals surface area contributed by atoms with Gasteiger partial charge in [0, 0.05) is 12.4 Å². The van der Waals surface area contributed by atoms with E-state index in [4.69, 9.17) is 0 Å². The quantitative estimate of drug-likeness (QED) is 0.727. The van der Waals surface area contributed by atoms with Crippen molar-refractivity contribution in [2.75, 3.05) is 0 Å². The molecule has 1 amide bonds. The number of aromatic nitrogens is 4. The van der Waals surface area contributed by atoms with E-state index in [0.717, 1.165) is 36.1 Å². The predicted molar refractivity (Wildman–Crippen MR) is 107 cm³/mol. The second-order valence-corrected chi connectivity index (χ2v) is 7.84. The third kappa shape index (κ3) is 3.42. The Morgan fingerprint density at radius 1 is 1.25 bits per heavy atom. The summed E-state index contributed by atoms with van der Waals surface area (Å²) in [6.07, 6.45) is 7.29. The van der Waals surface area contributed by atoms with Gasteiger partial charge in [-0.15, -0.1) is 0 Å². The SMILES string of the molecule is Cc1cc2nc(C)n(CC(=O)N[C@@H]3CCC[C@@H](n4ccnc4)[C@@H]3O)c2cc1C. The summed E-state index contributed by atoms with van der Waals surface area (Å²) in [6.45, 7) is 6.25. The van der Waals surface area contributed by atoms with E-state index in [2.05, 4.69) is 41.3 Å². The van der Waals surface area contributed by atoms with E-state index in [1.54, 1.807) is 12.5 Å². The number of benzene rings is 1. The van der Waals surface area contributed by atoms with Crippen LogP contribution in [0.3, 0.4) is 0 Å². The molecular formula is C21H27N5O2. The molecule has 1 aliphatic carbocycles. The Bertz CT molecular complexity index is 992. The molecule has 2 heterocycles. The van der Waals surface area contributed by atoms with E-state index < -0.39 is 6.10 Å². The first-order valence-corrected chi connectivity index (χ1v) is 9.83. The first kappa shape index (κ1) is 18.7. The molecule has 1 fully saturated rings. The van der Waals surface area contributed by atoms with E-state index >= 15 is 0 Å². The monoisotopic (exact) mass is 381 g/mol. The number of nitrogens with one attached hydrogen (secondary N) is 1. The van der Waals surface area contributed by atoms with Gasteiger partial charge in [-0.2, -0.15) is 0 Å². The summed E-state index contributed by atoms with van der Waals surface area (Å²) in [5.41, 5.74) is 4.25. The smallest absolute Gasteiger partial charge is 0.240 e. The van der Waals surface area contributed by atoms with Crippen LogP contribution in [0, 0.1) is 20.8 Å². The zero-order chi connectivity index (χ0) is 19.8. The van der Waals surface area contributed by atoms with Gasteiger partial charge in [0.05, 0.1) is 35.5 Å². The number of aryl methyl sites for hydroxylation is 3. The van der Waals surface area contributed by atoms with Crippen molar-refractivity contribution in [1.29, 1.82) is 0 Å². The average Bonchev–Trinajstić information content (AvgIpc) is 3.27. The molecule has 28 heavy (non-hydrogen) atoms. The van der Waals surface area contributed by atoms with Gasteiger partial charge in [-0.05, 0) is 63.3 Å². The Labute approximate surface area is 164 Å². The van der Waals surface area contributed by atoms with Crippen molar-refractivity contribution < 1.29 is 9.90 Å². The largest absolute Gasteiger partial charge is 0.389 e. The molecule has 2 N–H and O–H groups in total. The number of nitrogens with zero attached hydrogens (tertiary/aromatic N) is 4. The third-order valence-electron chi connectivity index (χ3n) is 5.93. The highest BCUT2D eigenvalue weighted by atomic mass is 16.3. The Morgan fingerprint density at radius 3 is 2.79 bits per heavy atom. The number of fused-ring (bicyclic) bond motifs is 1. The number of aliphatic hydroxyl groups is 1. The van der Waals surface area contributed by atoms with Crippen LogP contribution in [0.5, 0.6) is 0 Å². The van der Waals surface area contributed by atoms with Crippen LogP contribution in [0.25, 0.3) is 11.0 Å². The summed E-state index contributed by atoms with van der Waals surface area (Å²) in [5, 5.41) is 13.8. The highest BCUT2D eigenvalue weighted by Gasteiger charge is 2.33. The zero-order valence-electron chi connectivity index (χ0n) is 16.6.